The molecule has 6 nitrogen and oxygen atoms in total. The molecule has 0 heterocycles. The second kappa shape index (κ2) is 12.4. The summed E-state index contributed by atoms with van der Waals surface area (Å²) in [7, 11) is 0. The van der Waals surface area contributed by atoms with E-state index in [4.69, 9.17) is 16.3 Å². The van der Waals surface area contributed by atoms with Crippen LogP contribution in [0.1, 0.15) is 27.0 Å². The van der Waals surface area contributed by atoms with E-state index in [-0.39, 0.29) is 10.8 Å². The number of hydrogen-bond donors (Lipinski definition) is 3. The van der Waals surface area contributed by atoms with Gasteiger partial charge in [-0.1, -0.05) is 51.8 Å². The maximum absolute atomic E-state index is 12.2. The van der Waals surface area contributed by atoms with Crippen molar-refractivity contribution in [3.63, 3.8) is 0 Å². The third-order valence-electron chi connectivity index (χ3n) is 4.84. The van der Waals surface area contributed by atoms with Crippen molar-refractivity contribution < 1.29 is 14.6 Å². The Morgan fingerprint density at radius 1 is 1.12 bits per heavy atom. The Bertz CT molecular complexity index is 1120. The van der Waals surface area contributed by atoms with Crippen LogP contribution in [-0.4, -0.2) is 36.9 Å². The van der Waals surface area contributed by atoms with E-state index in [1.165, 1.54) is 23.8 Å². The highest BCUT2D eigenvalue weighted by atomic mass is 79.9. The van der Waals surface area contributed by atoms with Crippen molar-refractivity contribution in [2.45, 2.75) is 13.3 Å². The molecule has 3 aromatic carbocycles. The van der Waals surface area contributed by atoms with E-state index in [0.717, 1.165) is 40.9 Å². The number of amides is 1. The summed E-state index contributed by atoms with van der Waals surface area (Å²) in [5.41, 5.74) is 5.85. The monoisotopic (exact) mass is 529 g/mol. The smallest absolute Gasteiger partial charge is 0.271 e. The maximum Gasteiger partial charge on any atom is 0.271 e. The third kappa shape index (κ3) is 7.89. The zero-order valence-corrected chi connectivity index (χ0v) is 20.5. The first kappa shape index (κ1) is 24.8. The van der Waals surface area contributed by atoms with E-state index < -0.39 is 5.91 Å². The Morgan fingerprint density at radius 3 is 2.67 bits per heavy atom. The number of carbonyl (C=O) groups excluding carboxylic acids is 1. The molecule has 172 valence electrons. The number of aromatic hydroxyl groups is 1. The first-order valence-electron chi connectivity index (χ1n) is 10.4. The van der Waals surface area contributed by atoms with Crippen molar-refractivity contribution in [2.24, 2.45) is 5.10 Å². The number of nitrogens with one attached hydrogen (secondary N) is 2. The third-order valence-corrected chi connectivity index (χ3v) is 5.67. The molecule has 0 aromatic heterocycles. The van der Waals surface area contributed by atoms with E-state index in [0.29, 0.717) is 12.2 Å². The normalized spacial score (nSPS) is 11.0. The molecule has 33 heavy (non-hydrogen) atoms. The van der Waals surface area contributed by atoms with E-state index in [9.17, 15) is 9.90 Å². The Balaban J connectivity index is 1.44. The van der Waals surface area contributed by atoms with Crippen molar-refractivity contribution in [1.29, 1.82) is 0 Å². The highest BCUT2D eigenvalue weighted by Crippen LogP contribution is 2.23. The first-order valence-corrected chi connectivity index (χ1v) is 11.6. The molecule has 3 N–H and O–H groups in total. The number of phenolic OH excluding ortho intramolecular Hbond substituents is 1. The molecule has 0 fully saturated rings. The maximum atomic E-state index is 12.2. The fourth-order valence-corrected chi connectivity index (χ4v) is 3.42. The summed E-state index contributed by atoms with van der Waals surface area (Å²) in [5, 5.41) is 16.9. The lowest BCUT2D eigenvalue weighted by Crippen LogP contribution is -2.23. The molecule has 0 spiro atoms. The number of aryl methyl sites for hydroxylation is 1. The quantitative estimate of drug-likeness (QED) is 0.194. The van der Waals surface area contributed by atoms with Crippen LogP contribution in [-0.2, 0) is 6.42 Å². The van der Waals surface area contributed by atoms with Gasteiger partial charge in [-0.3, -0.25) is 4.79 Å². The second-order valence-corrected chi connectivity index (χ2v) is 8.69. The Labute approximate surface area is 206 Å². The number of nitrogens with zero attached hydrogens (tertiary/aromatic N) is 1. The van der Waals surface area contributed by atoms with Gasteiger partial charge in [-0.15, -0.1) is 0 Å². The molecule has 0 atom stereocenters. The van der Waals surface area contributed by atoms with Crippen LogP contribution in [0.5, 0.6) is 11.5 Å². The van der Waals surface area contributed by atoms with Crippen LogP contribution in [0.2, 0.25) is 5.02 Å². The number of rotatable bonds is 10. The van der Waals surface area contributed by atoms with Crippen molar-refractivity contribution in [2.75, 3.05) is 19.7 Å². The number of hydrazone groups is 1. The van der Waals surface area contributed by atoms with Gasteiger partial charge in [0.25, 0.3) is 5.91 Å². The minimum atomic E-state index is -0.425. The molecule has 0 saturated carbocycles. The number of halogens is 2. The molecule has 0 aliphatic rings. The number of hydrogen-bond acceptors (Lipinski definition) is 5. The van der Waals surface area contributed by atoms with Crippen molar-refractivity contribution in [3.8, 4) is 11.5 Å². The average molecular weight is 531 g/mol. The van der Waals surface area contributed by atoms with Crippen LogP contribution >= 0.6 is 27.5 Å². The van der Waals surface area contributed by atoms with Gasteiger partial charge in [-0.2, -0.15) is 5.10 Å². The molecular weight excluding hydrogens is 506 g/mol. The molecule has 0 saturated heterocycles. The molecule has 8 heteroatoms. The second-order valence-electron chi connectivity index (χ2n) is 7.37. The zero-order chi connectivity index (χ0) is 23.6. The Kier molecular flexibility index (Phi) is 9.30. The molecule has 0 aliphatic heterocycles. The van der Waals surface area contributed by atoms with Crippen molar-refractivity contribution in [1.82, 2.24) is 10.7 Å². The predicted octanol–water partition coefficient (Wildman–Crippen LogP) is 5.09. The van der Waals surface area contributed by atoms with E-state index in [1.54, 1.807) is 6.21 Å². The van der Waals surface area contributed by atoms with Gasteiger partial charge >= 0.3 is 0 Å². The number of phenols is 1. The average Bonchev–Trinajstić information content (AvgIpc) is 2.80. The topological polar surface area (TPSA) is 83.0 Å². The first-order chi connectivity index (χ1) is 15.9. The van der Waals surface area contributed by atoms with Gasteiger partial charge in [0.05, 0.1) is 11.2 Å². The van der Waals surface area contributed by atoms with Gasteiger partial charge in [-0.25, -0.2) is 5.43 Å². The van der Waals surface area contributed by atoms with Crippen LogP contribution in [0.15, 0.2) is 70.2 Å². The number of ether oxygens (including phenoxy) is 1. The van der Waals surface area contributed by atoms with Crippen LogP contribution in [0.4, 0.5) is 0 Å². The fourth-order valence-electron chi connectivity index (χ4n) is 2.97. The lowest BCUT2D eigenvalue weighted by Gasteiger charge is -2.11. The van der Waals surface area contributed by atoms with Crippen LogP contribution < -0.4 is 15.5 Å². The number of carbonyl (C=O) groups is 1. The summed E-state index contributed by atoms with van der Waals surface area (Å²) in [6, 6.07) is 18.2. The minimum Gasteiger partial charge on any atom is -0.506 e. The molecule has 0 aliphatic carbocycles. The van der Waals surface area contributed by atoms with E-state index in [2.05, 4.69) is 43.9 Å². The lowest BCUT2D eigenvalue weighted by molar-refractivity contribution is 0.0955. The summed E-state index contributed by atoms with van der Waals surface area (Å²) >= 11 is 9.28. The fraction of sp³-hybridized carbons (Fsp3) is 0.200. The van der Waals surface area contributed by atoms with Crippen LogP contribution in [0.3, 0.4) is 0 Å². The molecule has 0 radical (unpaired) electrons. The zero-order valence-electron chi connectivity index (χ0n) is 18.1. The molecule has 1 amide bonds. The molecule has 0 bridgehead atoms. The van der Waals surface area contributed by atoms with E-state index >= 15 is 0 Å². The van der Waals surface area contributed by atoms with Gasteiger partial charge < -0.3 is 15.2 Å². The van der Waals surface area contributed by atoms with Gasteiger partial charge in [0.1, 0.15) is 18.1 Å². The highest BCUT2D eigenvalue weighted by molar-refractivity contribution is 9.10. The summed E-state index contributed by atoms with van der Waals surface area (Å²) in [6.45, 7) is 4.13. The highest BCUT2D eigenvalue weighted by Gasteiger charge is 2.07. The molecule has 3 rings (SSSR count). The van der Waals surface area contributed by atoms with Crippen molar-refractivity contribution in [3.05, 3.63) is 92.4 Å². The molecule has 0 unspecified atom stereocenters. The van der Waals surface area contributed by atoms with Gasteiger partial charge in [0.2, 0.25) is 0 Å². The number of benzene rings is 3. The van der Waals surface area contributed by atoms with Gasteiger partial charge in [-0.05, 0) is 73.0 Å². The largest absolute Gasteiger partial charge is 0.506 e. The van der Waals surface area contributed by atoms with Gasteiger partial charge in [0.15, 0.2) is 0 Å². The van der Waals surface area contributed by atoms with Crippen LogP contribution in [0, 0.1) is 6.92 Å². The van der Waals surface area contributed by atoms with Crippen molar-refractivity contribution >= 4 is 39.7 Å². The molecular formula is C25H25BrClN3O3. The Morgan fingerprint density at radius 2 is 1.91 bits per heavy atom. The minimum absolute atomic E-state index is 0.0799. The summed E-state index contributed by atoms with van der Waals surface area (Å²) in [5.74, 6) is 0.264. The Hall–Kier alpha value is -2.87. The molecule has 3 aromatic rings. The van der Waals surface area contributed by atoms with E-state index in [1.807, 2.05) is 37.3 Å². The summed E-state index contributed by atoms with van der Waals surface area (Å²) in [4.78, 5) is 12.2. The standard InChI is InChI=1S/C25H25BrClN3O3/c1-17-2-3-19(16-29-30-25(32)20-6-9-23(31)22(27)15-20)14-24(17)33-13-12-28-11-10-18-4-7-21(26)8-5-18/h2-9,14-16,28,31H,10-13H2,1H3,(H,30,32)/b29-16-. The SMILES string of the molecule is Cc1ccc(/C=N\NC(=O)c2ccc(O)c(Cl)c2)cc1OCCNCCc1ccc(Br)cc1. The van der Waals surface area contributed by atoms with Crippen LogP contribution in [0.25, 0.3) is 0 Å². The lowest BCUT2D eigenvalue weighted by atomic mass is 10.1. The van der Waals surface area contributed by atoms with Gasteiger partial charge in [0, 0.05) is 16.6 Å². The summed E-state index contributed by atoms with van der Waals surface area (Å²) in [6.07, 6.45) is 2.50. The predicted molar refractivity (Wildman–Crippen MR) is 136 cm³/mol. The summed E-state index contributed by atoms with van der Waals surface area (Å²) < 4.78 is 6.99.